The number of nitrogen functional groups attached to an aromatic ring is 1. The summed E-state index contributed by atoms with van der Waals surface area (Å²) >= 11 is 0. The number of methoxy groups -OCH3 is 1. The standard InChI is InChI=1S/C12H18N2O3S/c1-3-14(9-4-5-9)18(15,16)10-6-7-12(17-2)11(13)8-10/h6-9H,3-5,13H2,1-2H3. The molecule has 1 aliphatic rings. The van der Waals surface area contributed by atoms with Crippen LogP contribution < -0.4 is 10.5 Å². The lowest BCUT2D eigenvalue weighted by Crippen LogP contribution is -2.32. The van der Waals surface area contributed by atoms with E-state index in [2.05, 4.69) is 0 Å². The van der Waals surface area contributed by atoms with Crippen LogP contribution in [-0.4, -0.2) is 32.4 Å². The van der Waals surface area contributed by atoms with Crippen LogP contribution in [0.2, 0.25) is 0 Å². The van der Waals surface area contributed by atoms with Crippen molar-refractivity contribution >= 4 is 15.7 Å². The van der Waals surface area contributed by atoms with Crippen molar-refractivity contribution in [2.24, 2.45) is 0 Å². The summed E-state index contributed by atoms with van der Waals surface area (Å²) in [4.78, 5) is 0.231. The molecule has 0 aromatic heterocycles. The first kappa shape index (κ1) is 13.2. The Bertz CT molecular complexity index is 538. The molecule has 100 valence electrons. The third-order valence-corrected chi connectivity index (χ3v) is 5.10. The van der Waals surface area contributed by atoms with E-state index in [9.17, 15) is 8.42 Å². The number of sulfonamides is 1. The van der Waals surface area contributed by atoms with Gasteiger partial charge in [-0.2, -0.15) is 4.31 Å². The Balaban J connectivity index is 2.37. The van der Waals surface area contributed by atoms with Crippen LogP contribution in [0.5, 0.6) is 5.75 Å². The summed E-state index contributed by atoms with van der Waals surface area (Å²) in [5, 5.41) is 0. The van der Waals surface area contributed by atoms with E-state index >= 15 is 0 Å². The van der Waals surface area contributed by atoms with Gasteiger partial charge in [-0.1, -0.05) is 6.92 Å². The lowest BCUT2D eigenvalue weighted by molar-refractivity contribution is 0.414. The Morgan fingerprint density at radius 1 is 1.44 bits per heavy atom. The summed E-state index contributed by atoms with van der Waals surface area (Å²) in [7, 11) is -1.94. The molecule has 1 saturated carbocycles. The molecule has 0 heterocycles. The summed E-state index contributed by atoms with van der Waals surface area (Å²) in [6.07, 6.45) is 1.89. The largest absolute Gasteiger partial charge is 0.495 e. The highest BCUT2D eigenvalue weighted by atomic mass is 32.2. The highest BCUT2D eigenvalue weighted by molar-refractivity contribution is 7.89. The molecule has 2 N–H and O–H groups in total. The molecule has 18 heavy (non-hydrogen) atoms. The maximum absolute atomic E-state index is 12.4. The second-order valence-electron chi connectivity index (χ2n) is 4.34. The minimum atomic E-state index is -3.44. The Kier molecular flexibility index (Phi) is 3.49. The first-order valence-electron chi connectivity index (χ1n) is 5.96. The Hall–Kier alpha value is -1.27. The SMILES string of the molecule is CCN(C1CC1)S(=O)(=O)c1ccc(OC)c(N)c1. The zero-order chi connectivity index (χ0) is 13.3. The number of benzene rings is 1. The molecular weight excluding hydrogens is 252 g/mol. The number of nitrogens with zero attached hydrogens (tertiary/aromatic N) is 1. The number of nitrogens with two attached hydrogens (primary N) is 1. The van der Waals surface area contributed by atoms with Crippen molar-refractivity contribution in [3.05, 3.63) is 18.2 Å². The molecule has 0 bridgehead atoms. The number of rotatable bonds is 5. The minimum absolute atomic E-state index is 0.156. The van der Waals surface area contributed by atoms with Crippen LogP contribution in [0.4, 0.5) is 5.69 Å². The van der Waals surface area contributed by atoms with Crippen molar-refractivity contribution in [2.45, 2.75) is 30.7 Å². The van der Waals surface area contributed by atoms with Crippen molar-refractivity contribution in [1.29, 1.82) is 0 Å². The topological polar surface area (TPSA) is 72.6 Å². The minimum Gasteiger partial charge on any atom is -0.495 e. The predicted octanol–water partition coefficient (Wildman–Crippen LogP) is 1.45. The zero-order valence-corrected chi connectivity index (χ0v) is 11.4. The van der Waals surface area contributed by atoms with Crippen molar-refractivity contribution in [3.8, 4) is 5.75 Å². The molecule has 1 aliphatic carbocycles. The smallest absolute Gasteiger partial charge is 0.243 e. The Morgan fingerprint density at radius 3 is 2.56 bits per heavy atom. The summed E-state index contributed by atoms with van der Waals surface area (Å²) in [5.74, 6) is 0.489. The van der Waals surface area contributed by atoms with E-state index in [1.165, 1.54) is 23.5 Å². The molecule has 6 heteroatoms. The lowest BCUT2D eigenvalue weighted by Gasteiger charge is -2.20. The molecule has 1 fully saturated rings. The second-order valence-corrected chi connectivity index (χ2v) is 6.23. The third-order valence-electron chi connectivity index (χ3n) is 3.07. The number of hydrogen-bond donors (Lipinski definition) is 1. The highest BCUT2D eigenvalue weighted by Gasteiger charge is 2.36. The monoisotopic (exact) mass is 270 g/mol. The van der Waals surface area contributed by atoms with E-state index in [1.54, 1.807) is 6.07 Å². The normalized spacial score (nSPS) is 15.9. The maximum atomic E-state index is 12.4. The predicted molar refractivity (Wildman–Crippen MR) is 70.0 cm³/mol. The molecule has 5 nitrogen and oxygen atoms in total. The first-order chi connectivity index (χ1) is 8.50. The molecule has 0 aliphatic heterocycles. The fourth-order valence-electron chi connectivity index (χ4n) is 2.00. The molecular formula is C12H18N2O3S. The Morgan fingerprint density at radius 2 is 2.11 bits per heavy atom. The lowest BCUT2D eigenvalue weighted by atomic mass is 10.3. The van der Waals surface area contributed by atoms with Gasteiger partial charge in [0.05, 0.1) is 17.7 Å². The van der Waals surface area contributed by atoms with Crippen LogP contribution in [-0.2, 0) is 10.0 Å². The van der Waals surface area contributed by atoms with Gasteiger partial charge in [0.1, 0.15) is 5.75 Å². The number of ether oxygens (including phenoxy) is 1. The molecule has 0 amide bonds. The van der Waals surface area contributed by atoms with Crippen LogP contribution in [0.1, 0.15) is 19.8 Å². The molecule has 0 atom stereocenters. The summed E-state index contributed by atoms with van der Waals surface area (Å²) in [6.45, 7) is 2.34. The maximum Gasteiger partial charge on any atom is 0.243 e. The molecule has 1 aromatic rings. The van der Waals surface area contributed by atoms with E-state index in [0.717, 1.165) is 12.8 Å². The van der Waals surface area contributed by atoms with Gasteiger partial charge in [0.2, 0.25) is 10.0 Å². The van der Waals surface area contributed by atoms with Crippen molar-refractivity contribution in [1.82, 2.24) is 4.31 Å². The van der Waals surface area contributed by atoms with E-state index in [4.69, 9.17) is 10.5 Å². The summed E-state index contributed by atoms with van der Waals surface area (Å²) < 4.78 is 31.4. The average Bonchev–Trinajstić information content (AvgIpc) is 3.14. The molecule has 1 aromatic carbocycles. The van der Waals surface area contributed by atoms with Gasteiger partial charge in [0.15, 0.2) is 0 Å². The van der Waals surface area contributed by atoms with Crippen LogP contribution in [0.15, 0.2) is 23.1 Å². The summed E-state index contributed by atoms with van der Waals surface area (Å²) in [5.41, 5.74) is 6.09. The van der Waals surface area contributed by atoms with Crippen LogP contribution in [0.3, 0.4) is 0 Å². The fraction of sp³-hybridized carbons (Fsp3) is 0.500. The summed E-state index contributed by atoms with van der Waals surface area (Å²) in [6, 6.07) is 4.74. The van der Waals surface area contributed by atoms with Crippen molar-refractivity contribution < 1.29 is 13.2 Å². The third kappa shape index (κ3) is 2.30. The second kappa shape index (κ2) is 4.78. The van der Waals surface area contributed by atoms with E-state index in [1.807, 2.05) is 6.92 Å². The van der Waals surface area contributed by atoms with Crippen molar-refractivity contribution in [3.63, 3.8) is 0 Å². The molecule has 0 radical (unpaired) electrons. The van der Waals surface area contributed by atoms with Gasteiger partial charge in [-0.25, -0.2) is 8.42 Å². The van der Waals surface area contributed by atoms with E-state index in [0.29, 0.717) is 18.0 Å². The van der Waals surface area contributed by atoms with E-state index in [-0.39, 0.29) is 10.9 Å². The van der Waals surface area contributed by atoms with Crippen LogP contribution in [0, 0.1) is 0 Å². The van der Waals surface area contributed by atoms with E-state index < -0.39 is 10.0 Å². The van der Waals surface area contributed by atoms with Gasteiger partial charge >= 0.3 is 0 Å². The van der Waals surface area contributed by atoms with Gasteiger partial charge in [-0.05, 0) is 31.0 Å². The van der Waals surface area contributed by atoms with Gasteiger partial charge in [0.25, 0.3) is 0 Å². The van der Waals surface area contributed by atoms with Gasteiger partial charge in [0, 0.05) is 12.6 Å². The van der Waals surface area contributed by atoms with Gasteiger partial charge < -0.3 is 10.5 Å². The first-order valence-corrected chi connectivity index (χ1v) is 7.40. The highest BCUT2D eigenvalue weighted by Crippen LogP contribution is 2.33. The van der Waals surface area contributed by atoms with Gasteiger partial charge in [-0.15, -0.1) is 0 Å². The molecule has 0 saturated heterocycles. The molecule has 0 spiro atoms. The number of anilines is 1. The average molecular weight is 270 g/mol. The van der Waals surface area contributed by atoms with Crippen LogP contribution in [0.25, 0.3) is 0 Å². The van der Waals surface area contributed by atoms with Gasteiger partial charge in [-0.3, -0.25) is 0 Å². The van der Waals surface area contributed by atoms with Crippen molar-refractivity contribution in [2.75, 3.05) is 19.4 Å². The van der Waals surface area contributed by atoms with Crippen LogP contribution >= 0.6 is 0 Å². The fourth-order valence-corrected chi connectivity index (χ4v) is 3.73. The zero-order valence-electron chi connectivity index (χ0n) is 10.6. The number of hydrogen-bond acceptors (Lipinski definition) is 4. The Labute approximate surface area is 108 Å². The quantitative estimate of drug-likeness (QED) is 0.822. The molecule has 2 rings (SSSR count). The molecule has 0 unspecified atom stereocenters.